The molecule has 0 aliphatic carbocycles. The first-order valence-electron chi connectivity index (χ1n) is 8.31. The third-order valence-corrected chi connectivity index (χ3v) is 3.85. The van der Waals surface area contributed by atoms with Crippen LogP contribution >= 0.6 is 0 Å². The maximum atomic E-state index is 3.97. The van der Waals surface area contributed by atoms with Crippen LogP contribution in [0, 0.1) is 5.92 Å². The van der Waals surface area contributed by atoms with Crippen molar-refractivity contribution >= 4 is 0 Å². The lowest BCUT2D eigenvalue weighted by molar-refractivity contribution is 0.443. The minimum Gasteiger partial charge on any atom is -0.100 e. The molecule has 0 amide bonds. The van der Waals surface area contributed by atoms with Crippen LogP contribution in [-0.4, -0.2) is 0 Å². The van der Waals surface area contributed by atoms with Gasteiger partial charge in [-0.3, -0.25) is 0 Å². The summed E-state index contributed by atoms with van der Waals surface area (Å²) in [7, 11) is 0. The van der Waals surface area contributed by atoms with Gasteiger partial charge in [-0.15, -0.1) is 6.58 Å². The molecule has 0 aliphatic rings. The van der Waals surface area contributed by atoms with Crippen molar-refractivity contribution in [3.05, 3.63) is 12.2 Å². The van der Waals surface area contributed by atoms with Gasteiger partial charge in [0.15, 0.2) is 0 Å². The zero-order valence-corrected chi connectivity index (χ0v) is 13.3. The number of unbranched alkanes of at least 4 members (excludes halogenated alkanes) is 7. The van der Waals surface area contributed by atoms with Gasteiger partial charge in [0.2, 0.25) is 0 Å². The Kier molecular flexibility index (Phi) is 13.0. The van der Waals surface area contributed by atoms with Crippen molar-refractivity contribution in [2.45, 2.75) is 97.8 Å². The van der Waals surface area contributed by atoms with E-state index in [0.29, 0.717) is 0 Å². The SMILES string of the molecule is C=C(C)CCC[C@@H](C)CCCCCCCCCC. The maximum Gasteiger partial charge on any atom is -0.0326 e. The van der Waals surface area contributed by atoms with E-state index in [4.69, 9.17) is 0 Å². The van der Waals surface area contributed by atoms with Crippen LogP contribution in [0.3, 0.4) is 0 Å². The molecule has 0 heterocycles. The molecule has 0 saturated carbocycles. The van der Waals surface area contributed by atoms with E-state index in [1.165, 1.54) is 82.6 Å². The van der Waals surface area contributed by atoms with Crippen molar-refractivity contribution < 1.29 is 0 Å². The van der Waals surface area contributed by atoms with Crippen LogP contribution in [0.4, 0.5) is 0 Å². The summed E-state index contributed by atoms with van der Waals surface area (Å²) < 4.78 is 0. The lowest BCUT2D eigenvalue weighted by atomic mass is 9.96. The summed E-state index contributed by atoms with van der Waals surface area (Å²) in [6.07, 6.45) is 16.9. The Balaban J connectivity index is 3.15. The zero-order chi connectivity index (χ0) is 13.6. The van der Waals surface area contributed by atoms with Gasteiger partial charge in [0.05, 0.1) is 0 Å². The normalized spacial score (nSPS) is 12.6. The molecule has 18 heavy (non-hydrogen) atoms. The molecule has 0 aromatic heterocycles. The predicted molar refractivity (Wildman–Crippen MR) is 85.1 cm³/mol. The maximum absolute atomic E-state index is 3.97. The average molecular weight is 252 g/mol. The molecule has 0 heteroatoms. The molecule has 0 unspecified atom stereocenters. The second-order valence-corrected chi connectivity index (χ2v) is 6.22. The van der Waals surface area contributed by atoms with Gasteiger partial charge in [0.25, 0.3) is 0 Å². The molecule has 0 bridgehead atoms. The van der Waals surface area contributed by atoms with E-state index in [1.807, 2.05) is 0 Å². The Bertz CT molecular complexity index is 180. The predicted octanol–water partition coefficient (Wildman–Crippen LogP) is 6.90. The van der Waals surface area contributed by atoms with Gasteiger partial charge in [0, 0.05) is 0 Å². The van der Waals surface area contributed by atoms with Crippen molar-refractivity contribution in [2.24, 2.45) is 5.92 Å². The van der Waals surface area contributed by atoms with Crippen LogP contribution in [0.1, 0.15) is 97.8 Å². The minimum absolute atomic E-state index is 0.921. The van der Waals surface area contributed by atoms with Crippen LogP contribution in [-0.2, 0) is 0 Å². The highest BCUT2D eigenvalue weighted by molar-refractivity contribution is 4.87. The van der Waals surface area contributed by atoms with E-state index < -0.39 is 0 Å². The number of hydrogen-bond donors (Lipinski definition) is 0. The van der Waals surface area contributed by atoms with E-state index in [2.05, 4.69) is 27.4 Å². The summed E-state index contributed by atoms with van der Waals surface area (Å²) in [6.45, 7) is 10.8. The molecule has 0 rings (SSSR count). The fourth-order valence-electron chi connectivity index (χ4n) is 2.52. The molecule has 0 nitrogen and oxygen atoms in total. The molecule has 0 radical (unpaired) electrons. The molecule has 0 aliphatic heterocycles. The first kappa shape index (κ1) is 17.7. The molecule has 0 N–H and O–H groups in total. The minimum atomic E-state index is 0.921. The summed E-state index contributed by atoms with van der Waals surface area (Å²) in [5, 5.41) is 0. The van der Waals surface area contributed by atoms with E-state index in [9.17, 15) is 0 Å². The zero-order valence-electron chi connectivity index (χ0n) is 13.3. The highest BCUT2D eigenvalue weighted by Crippen LogP contribution is 2.18. The Labute approximate surface area is 116 Å². The molecule has 0 fully saturated rings. The van der Waals surface area contributed by atoms with E-state index in [-0.39, 0.29) is 0 Å². The summed E-state index contributed by atoms with van der Waals surface area (Å²) in [5.41, 5.74) is 1.34. The molecule has 108 valence electrons. The van der Waals surface area contributed by atoms with Gasteiger partial charge in [-0.25, -0.2) is 0 Å². The summed E-state index contributed by atoms with van der Waals surface area (Å²) in [6, 6.07) is 0. The highest BCUT2D eigenvalue weighted by Gasteiger charge is 2.01. The quantitative estimate of drug-likeness (QED) is 0.247. The summed E-state index contributed by atoms with van der Waals surface area (Å²) in [5.74, 6) is 0.921. The summed E-state index contributed by atoms with van der Waals surface area (Å²) >= 11 is 0. The van der Waals surface area contributed by atoms with Gasteiger partial charge in [-0.2, -0.15) is 0 Å². The van der Waals surface area contributed by atoms with Gasteiger partial charge in [-0.05, 0) is 25.7 Å². The van der Waals surface area contributed by atoms with Crippen LogP contribution in [0.2, 0.25) is 0 Å². The van der Waals surface area contributed by atoms with Gasteiger partial charge >= 0.3 is 0 Å². The Hall–Kier alpha value is -0.260. The van der Waals surface area contributed by atoms with Crippen molar-refractivity contribution in [2.75, 3.05) is 0 Å². The van der Waals surface area contributed by atoms with Crippen LogP contribution in [0.5, 0.6) is 0 Å². The molecule has 0 saturated heterocycles. The van der Waals surface area contributed by atoms with Gasteiger partial charge < -0.3 is 0 Å². The summed E-state index contributed by atoms with van der Waals surface area (Å²) in [4.78, 5) is 0. The number of allylic oxidation sites excluding steroid dienone is 1. The largest absolute Gasteiger partial charge is 0.100 e. The van der Waals surface area contributed by atoms with Crippen LogP contribution in [0.15, 0.2) is 12.2 Å². The number of rotatable bonds is 13. The molecule has 0 aromatic carbocycles. The van der Waals surface area contributed by atoms with Crippen molar-refractivity contribution in [3.63, 3.8) is 0 Å². The van der Waals surface area contributed by atoms with E-state index in [0.717, 1.165) is 5.92 Å². The van der Waals surface area contributed by atoms with Crippen molar-refractivity contribution in [1.82, 2.24) is 0 Å². The van der Waals surface area contributed by atoms with Crippen molar-refractivity contribution in [1.29, 1.82) is 0 Å². The topological polar surface area (TPSA) is 0 Å². The molecule has 1 atom stereocenters. The standard InChI is InChI=1S/C18H36/c1-5-6-7-8-9-10-11-12-15-18(4)16-13-14-17(2)3/h18H,2,5-16H2,1,3-4H3/t18-/m0/s1. The average Bonchev–Trinajstić information content (AvgIpc) is 2.32. The molecule has 0 spiro atoms. The first-order chi connectivity index (χ1) is 8.66. The van der Waals surface area contributed by atoms with E-state index in [1.54, 1.807) is 0 Å². The monoisotopic (exact) mass is 252 g/mol. The molecular weight excluding hydrogens is 216 g/mol. The lowest BCUT2D eigenvalue weighted by Crippen LogP contribution is -1.95. The molecule has 0 aromatic rings. The Morgan fingerprint density at radius 1 is 0.833 bits per heavy atom. The lowest BCUT2D eigenvalue weighted by Gasteiger charge is -2.10. The smallest absolute Gasteiger partial charge is 0.0326 e. The number of hydrogen-bond acceptors (Lipinski definition) is 0. The third kappa shape index (κ3) is 13.8. The second-order valence-electron chi connectivity index (χ2n) is 6.22. The van der Waals surface area contributed by atoms with Crippen LogP contribution in [0.25, 0.3) is 0 Å². The van der Waals surface area contributed by atoms with Crippen LogP contribution < -0.4 is 0 Å². The Morgan fingerprint density at radius 3 is 1.89 bits per heavy atom. The molecular formula is C18H36. The van der Waals surface area contributed by atoms with Crippen molar-refractivity contribution in [3.8, 4) is 0 Å². The van der Waals surface area contributed by atoms with Gasteiger partial charge in [0.1, 0.15) is 0 Å². The first-order valence-corrected chi connectivity index (χ1v) is 8.31. The fraction of sp³-hybridized carbons (Fsp3) is 0.889. The highest BCUT2D eigenvalue weighted by atomic mass is 14.1. The Morgan fingerprint density at radius 2 is 1.33 bits per heavy atom. The second kappa shape index (κ2) is 13.2. The van der Waals surface area contributed by atoms with E-state index >= 15 is 0 Å². The fourth-order valence-corrected chi connectivity index (χ4v) is 2.52. The van der Waals surface area contributed by atoms with Gasteiger partial charge in [-0.1, -0.05) is 83.6 Å². The third-order valence-electron chi connectivity index (χ3n) is 3.85.